The summed E-state index contributed by atoms with van der Waals surface area (Å²) in [6, 6.07) is 6.16. The van der Waals surface area contributed by atoms with Crippen molar-refractivity contribution in [2.45, 2.75) is 6.17 Å². The Morgan fingerprint density at radius 1 is 0.913 bits per heavy atom. The molecule has 2 aromatic rings. The molecule has 1 aliphatic heterocycles. The maximum atomic E-state index is 14.0. The molecule has 3 rings (SSSR count). The quantitative estimate of drug-likeness (QED) is 0.495. The Balaban J connectivity index is 2.20. The van der Waals surface area contributed by atoms with E-state index in [4.69, 9.17) is 0 Å². The molecular formula is C15H9F5N2O. The smallest absolute Gasteiger partial charge is 0.255 e. The van der Waals surface area contributed by atoms with Gasteiger partial charge < -0.3 is 10.2 Å². The van der Waals surface area contributed by atoms with Crippen LogP contribution < -0.4 is 10.2 Å². The van der Waals surface area contributed by atoms with Crippen LogP contribution in [0.4, 0.5) is 27.6 Å². The molecule has 0 spiro atoms. The standard InChI is InChI=1S/C15H9F5N2O/c1-22-7-5-3-2-4-6(7)15(23)21-14(22)8-9(16)11(18)13(20)12(19)10(8)17/h2-5,14H,1H3,(H,21,23)/t14-/m1/s1. The molecule has 0 aromatic heterocycles. The van der Waals surface area contributed by atoms with Gasteiger partial charge in [0.15, 0.2) is 23.3 Å². The van der Waals surface area contributed by atoms with E-state index >= 15 is 0 Å². The van der Waals surface area contributed by atoms with Crippen molar-refractivity contribution < 1.29 is 26.7 Å². The highest BCUT2D eigenvalue weighted by molar-refractivity contribution is 6.02. The summed E-state index contributed by atoms with van der Waals surface area (Å²) in [5, 5.41) is 2.25. The number of halogens is 5. The molecule has 0 aliphatic carbocycles. The second kappa shape index (κ2) is 5.22. The average Bonchev–Trinajstić information content (AvgIpc) is 2.56. The highest BCUT2D eigenvalue weighted by Crippen LogP contribution is 2.35. The fourth-order valence-electron chi connectivity index (χ4n) is 2.54. The van der Waals surface area contributed by atoms with Crippen LogP contribution in [-0.2, 0) is 0 Å². The number of rotatable bonds is 1. The first-order chi connectivity index (χ1) is 10.8. The van der Waals surface area contributed by atoms with Gasteiger partial charge in [-0.25, -0.2) is 22.0 Å². The summed E-state index contributed by atoms with van der Waals surface area (Å²) in [6.07, 6.45) is -1.53. The Morgan fingerprint density at radius 2 is 1.43 bits per heavy atom. The number of hydrogen-bond acceptors (Lipinski definition) is 2. The predicted octanol–water partition coefficient (Wildman–Crippen LogP) is 3.26. The van der Waals surface area contributed by atoms with Gasteiger partial charge >= 0.3 is 0 Å². The number of anilines is 1. The van der Waals surface area contributed by atoms with Crippen LogP contribution in [0, 0.1) is 29.1 Å². The van der Waals surface area contributed by atoms with E-state index in [1.54, 1.807) is 12.1 Å². The number of fused-ring (bicyclic) bond motifs is 1. The number of amides is 1. The Labute approximate surface area is 127 Å². The van der Waals surface area contributed by atoms with Crippen molar-refractivity contribution in [2.75, 3.05) is 11.9 Å². The molecule has 1 atom stereocenters. The van der Waals surface area contributed by atoms with Crippen molar-refractivity contribution in [3.8, 4) is 0 Å². The fraction of sp³-hybridized carbons (Fsp3) is 0.133. The third-order valence-electron chi connectivity index (χ3n) is 3.70. The van der Waals surface area contributed by atoms with Gasteiger partial charge in [0, 0.05) is 7.05 Å². The van der Waals surface area contributed by atoms with Crippen molar-refractivity contribution in [1.82, 2.24) is 5.32 Å². The van der Waals surface area contributed by atoms with E-state index in [9.17, 15) is 26.7 Å². The maximum Gasteiger partial charge on any atom is 0.255 e. The third-order valence-corrected chi connectivity index (χ3v) is 3.70. The van der Waals surface area contributed by atoms with E-state index in [1.807, 2.05) is 0 Å². The van der Waals surface area contributed by atoms with Gasteiger partial charge in [0.2, 0.25) is 5.82 Å². The van der Waals surface area contributed by atoms with E-state index in [0.717, 1.165) is 0 Å². The van der Waals surface area contributed by atoms with Gasteiger partial charge in [-0.2, -0.15) is 0 Å². The summed E-state index contributed by atoms with van der Waals surface area (Å²) in [5.74, 6) is -11.0. The lowest BCUT2D eigenvalue weighted by Crippen LogP contribution is -2.45. The molecule has 0 unspecified atom stereocenters. The van der Waals surface area contributed by atoms with Crippen molar-refractivity contribution >= 4 is 11.6 Å². The summed E-state index contributed by atoms with van der Waals surface area (Å²) in [4.78, 5) is 13.3. The predicted molar refractivity (Wildman–Crippen MR) is 71.3 cm³/mol. The van der Waals surface area contributed by atoms with Crippen LogP contribution in [0.1, 0.15) is 22.1 Å². The first kappa shape index (κ1) is 15.3. The Bertz CT molecular complexity index is 795. The second-order valence-corrected chi connectivity index (χ2v) is 4.99. The number of nitrogens with zero attached hydrogens (tertiary/aromatic N) is 1. The molecule has 0 saturated carbocycles. The van der Waals surface area contributed by atoms with Gasteiger partial charge in [-0.1, -0.05) is 12.1 Å². The van der Waals surface area contributed by atoms with E-state index in [-0.39, 0.29) is 5.56 Å². The summed E-state index contributed by atoms with van der Waals surface area (Å²) < 4.78 is 67.8. The lowest BCUT2D eigenvalue weighted by Gasteiger charge is -2.36. The molecule has 8 heteroatoms. The average molecular weight is 328 g/mol. The van der Waals surface area contributed by atoms with Crippen LogP contribution in [-0.4, -0.2) is 13.0 Å². The van der Waals surface area contributed by atoms with Crippen LogP contribution >= 0.6 is 0 Å². The number of hydrogen-bond donors (Lipinski definition) is 1. The Morgan fingerprint density at radius 3 is 2.04 bits per heavy atom. The molecule has 1 heterocycles. The highest BCUT2D eigenvalue weighted by atomic mass is 19.2. The molecule has 0 radical (unpaired) electrons. The first-order valence-electron chi connectivity index (χ1n) is 6.48. The van der Waals surface area contributed by atoms with Gasteiger partial charge in [-0.05, 0) is 12.1 Å². The number of benzene rings is 2. The molecule has 23 heavy (non-hydrogen) atoms. The van der Waals surface area contributed by atoms with E-state index in [2.05, 4.69) is 5.32 Å². The van der Waals surface area contributed by atoms with Crippen molar-refractivity contribution in [2.24, 2.45) is 0 Å². The number of carbonyl (C=O) groups is 1. The van der Waals surface area contributed by atoms with Gasteiger partial charge in [-0.15, -0.1) is 0 Å². The number of carbonyl (C=O) groups excluding carboxylic acids is 1. The van der Waals surface area contributed by atoms with Crippen molar-refractivity contribution in [3.63, 3.8) is 0 Å². The van der Waals surface area contributed by atoms with Crippen LogP contribution in [0.25, 0.3) is 0 Å². The third kappa shape index (κ3) is 2.13. The second-order valence-electron chi connectivity index (χ2n) is 4.99. The highest BCUT2D eigenvalue weighted by Gasteiger charge is 2.36. The zero-order valence-corrected chi connectivity index (χ0v) is 11.6. The SMILES string of the molecule is CN1c2ccccc2C(=O)N[C@H]1c1c(F)c(F)c(F)c(F)c1F. The first-order valence-corrected chi connectivity index (χ1v) is 6.48. The molecule has 0 saturated heterocycles. The zero-order chi connectivity index (χ0) is 16.9. The summed E-state index contributed by atoms with van der Waals surface area (Å²) in [6.45, 7) is 0. The van der Waals surface area contributed by atoms with E-state index in [0.29, 0.717) is 5.69 Å². The fourth-order valence-corrected chi connectivity index (χ4v) is 2.54. The lowest BCUT2D eigenvalue weighted by molar-refractivity contribution is 0.0926. The molecule has 120 valence electrons. The van der Waals surface area contributed by atoms with E-state index in [1.165, 1.54) is 24.1 Å². The summed E-state index contributed by atoms with van der Waals surface area (Å²) in [7, 11) is 1.38. The summed E-state index contributed by atoms with van der Waals surface area (Å²) in [5.41, 5.74) is -0.563. The molecule has 1 N–H and O–H groups in total. The Kier molecular flexibility index (Phi) is 3.46. The van der Waals surface area contributed by atoms with Crippen LogP contribution in [0.15, 0.2) is 24.3 Å². The molecule has 0 fully saturated rings. The van der Waals surface area contributed by atoms with Gasteiger partial charge in [0.25, 0.3) is 5.91 Å². The number of nitrogens with one attached hydrogen (secondary N) is 1. The normalized spacial score (nSPS) is 17.0. The number of para-hydroxylation sites is 1. The van der Waals surface area contributed by atoms with Gasteiger partial charge in [0.1, 0.15) is 6.17 Å². The topological polar surface area (TPSA) is 32.3 Å². The van der Waals surface area contributed by atoms with Crippen LogP contribution in [0.3, 0.4) is 0 Å². The Hall–Kier alpha value is -2.64. The monoisotopic (exact) mass is 328 g/mol. The minimum Gasteiger partial charge on any atom is -0.350 e. The molecule has 1 aliphatic rings. The van der Waals surface area contributed by atoms with Crippen molar-refractivity contribution in [3.05, 3.63) is 64.5 Å². The van der Waals surface area contributed by atoms with E-state index < -0.39 is 46.7 Å². The molecule has 2 aromatic carbocycles. The van der Waals surface area contributed by atoms with Gasteiger partial charge in [-0.3, -0.25) is 4.79 Å². The zero-order valence-electron chi connectivity index (χ0n) is 11.6. The molecule has 1 amide bonds. The van der Waals surface area contributed by atoms with Crippen molar-refractivity contribution in [1.29, 1.82) is 0 Å². The summed E-state index contributed by atoms with van der Waals surface area (Å²) >= 11 is 0. The van der Waals surface area contributed by atoms with Crippen LogP contribution in [0.2, 0.25) is 0 Å². The molecular weight excluding hydrogens is 319 g/mol. The lowest BCUT2D eigenvalue weighted by atomic mass is 10.0. The largest absolute Gasteiger partial charge is 0.350 e. The molecule has 3 nitrogen and oxygen atoms in total. The minimum absolute atomic E-state index is 0.232. The molecule has 0 bridgehead atoms. The maximum absolute atomic E-state index is 14.0. The minimum atomic E-state index is -2.24. The van der Waals surface area contributed by atoms with Crippen LogP contribution in [0.5, 0.6) is 0 Å². The van der Waals surface area contributed by atoms with Gasteiger partial charge in [0.05, 0.1) is 16.8 Å².